The highest BCUT2D eigenvalue weighted by Crippen LogP contribution is 2.18. The lowest BCUT2D eigenvalue weighted by atomic mass is 10.2. The molecule has 2 atom stereocenters. The maximum atomic E-state index is 13.0. The molecule has 1 saturated heterocycles. The van der Waals surface area contributed by atoms with Crippen LogP contribution in [0.4, 0.5) is 9.18 Å². The number of benzene rings is 1. The van der Waals surface area contributed by atoms with Gasteiger partial charge >= 0.3 is 12.0 Å². The molecule has 1 fully saturated rings. The van der Waals surface area contributed by atoms with Crippen LogP contribution in [-0.4, -0.2) is 45.8 Å². The first-order valence-electron chi connectivity index (χ1n) is 6.17. The number of hydrogen-bond acceptors (Lipinski definition) is 3. The van der Waals surface area contributed by atoms with Gasteiger partial charge in [0.05, 0.1) is 6.10 Å². The molecule has 3 N–H and O–H groups in total. The van der Waals surface area contributed by atoms with E-state index in [0.29, 0.717) is 5.56 Å². The van der Waals surface area contributed by atoms with Gasteiger partial charge in [-0.05, 0) is 17.7 Å². The molecule has 7 heteroatoms. The Morgan fingerprint density at radius 2 is 2.20 bits per heavy atom. The molecule has 1 aromatic carbocycles. The van der Waals surface area contributed by atoms with Gasteiger partial charge in [0.25, 0.3) is 0 Å². The van der Waals surface area contributed by atoms with Gasteiger partial charge in [0.2, 0.25) is 0 Å². The number of carbonyl (C=O) groups excluding carboxylic acids is 1. The van der Waals surface area contributed by atoms with Gasteiger partial charge in [-0.3, -0.25) is 0 Å². The van der Waals surface area contributed by atoms with Crippen molar-refractivity contribution < 1.29 is 24.2 Å². The fourth-order valence-corrected chi connectivity index (χ4v) is 2.20. The molecule has 2 unspecified atom stereocenters. The molecule has 6 nitrogen and oxygen atoms in total. The second-order valence-electron chi connectivity index (χ2n) is 4.68. The van der Waals surface area contributed by atoms with E-state index in [1.807, 2.05) is 0 Å². The number of β-amino-alcohol motifs (C(OH)–C–C–N with tert-alkyl or cyclic N) is 1. The van der Waals surface area contributed by atoms with E-state index in [1.165, 1.54) is 18.2 Å². The van der Waals surface area contributed by atoms with E-state index in [1.54, 1.807) is 6.07 Å². The monoisotopic (exact) mass is 282 g/mol. The van der Waals surface area contributed by atoms with Crippen molar-refractivity contribution in [3.63, 3.8) is 0 Å². The zero-order valence-corrected chi connectivity index (χ0v) is 10.6. The summed E-state index contributed by atoms with van der Waals surface area (Å²) in [4.78, 5) is 24.0. The van der Waals surface area contributed by atoms with Crippen LogP contribution in [-0.2, 0) is 11.3 Å². The number of aliphatic hydroxyl groups excluding tert-OH is 1. The average Bonchev–Trinajstić information content (AvgIpc) is 2.78. The summed E-state index contributed by atoms with van der Waals surface area (Å²) in [6, 6.07) is 4.14. The van der Waals surface area contributed by atoms with E-state index in [2.05, 4.69) is 5.32 Å². The Labute approximate surface area is 114 Å². The van der Waals surface area contributed by atoms with Crippen molar-refractivity contribution in [2.45, 2.75) is 25.1 Å². The molecule has 0 aliphatic carbocycles. The predicted molar refractivity (Wildman–Crippen MR) is 67.4 cm³/mol. The van der Waals surface area contributed by atoms with Crippen LogP contribution in [0.5, 0.6) is 0 Å². The number of aliphatic carboxylic acids is 1. The van der Waals surface area contributed by atoms with Crippen molar-refractivity contribution in [3.8, 4) is 0 Å². The van der Waals surface area contributed by atoms with E-state index in [-0.39, 0.29) is 19.5 Å². The van der Waals surface area contributed by atoms with E-state index >= 15 is 0 Å². The minimum Gasteiger partial charge on any atom is -0.480 e. The van der Waals surface area contributed by atoms with Gasteiger partial charge in [0, 0.05) is 19.5 Å². The first-order valence-corrected chi connectivity index (χ1v) is 6.17. The van der Waals surface area contributed by atoms with Crippen molar-refractivity contribution in [3.05, 3.63) is 35.6 Å². The third kappa shape index (κ3) is 3.24. The molecule has 108 valence electrons. The van der Waals surface area contributed by atoms with Gasteiger partial charge in [0.1, 0.15) is 11.9 Å². The Morgan fingerprint density at radius 3 is 2.85 bits per heavy atom. The van der Waals surface area contributed by atoms with Crippen LogP contribution in [0, 0.1) is 5.82 Å². The van der Waals surface area contributed by atoms with Crippen molar-refractivity contribution in [1.82, 2.24) is 10.2 Å². The molecule has 0 spiro atoms. The maximum absolute atomic E-state index is 13.0. The highest BCUT2D eigenvalue weighted by Gasteiger charge is 2.38. The number of carbonyl (C=O) groups is 2. The highest BCUT2D eigenvalue weighted by atomic mass is 19.1. The molecule has 1 heterocycles. The van der Waals surface area contributed by atoms with Crippen LogP contribution in [0.15, 0.2) is 24.3 Å². The SMILES string of the molecule is O=C(O)C1CC(O)CN1C(=O)NCc1cccc(F)c1. The van der Waals surface area contributed by atoms with Crippen LogP contribution >= 0.6 is 0 Å². The number of nitrogens with zero attached hydrogens (tertiary/aromatic N) is 1. The Bertz CT molecular complexity index is 523. The summed E-state index contributed by atoms with van der Waals surface area (Å²) in [6.45, 7) is 0.0709. The highest BCUT2D eigenvalue weighted by molar-refractivity contribution is 5.83. The van der Waals surface area contributed by atoms with Gasteiger partial charge in [-0.25, -0.2) is 14.0 Å². The zero-order valence-electron chi connectivity index (χ0n) is 10.6. The average molecular weight is 282 g/mol. The Kier molecular flexibility index (Phi) is 4.19. The number of halogens is 1. The molecule has 0 radical (unpaired) electrons. The largest absolute Gasteiger partial charge is 0.480 e. The lowest BCUT2D eigenvalue weighted by Crippen LogP contribution is -2.45. The summed E-state index contributed by atoms with van der Waals surface area (Å²) in [7, 11) is 0. The van der Waals surface area contributed by atoms with Crippen molar-refractivity contribution >= 4 is 12.0 Å². The fraction of sp³-hybridized carbons (Fsp3) is 0.385. The normalized spacial score (nSPS) is 21.8. The molecule has 1 aliphatic heterocycles. The number of urea groups is 1. The summed E-state index contributed by atoms with van der Waals surface area (Å²) in [5, 5.41) is 21.0. The van der Waals surface area contributed by atoms with E-state index < -0.39 is 30.0 Å². The molecule has 1 aliphatic rings. The number of rotatable bonds is 3. The molecular formula is C13H15FN2O4. The van der Waals surface area contributed by atoms with Gasteiger partial charge in [-0.1, -0.05) is 12.1 Å². The molecule has 2 amide bonds. The molecule has 2 rings (SSSR count). The zero-order chi connectivity index (χ0) is 14.7. The number of aliphatic hydroxyl groups is 1. The standard InChI is InChI=1S/C13H15FN2O4/c14-9-3-1-2-8(4-9)6-15-13(20)16-7-10(17)5-11(16)12(18)19/h1-4,10-11,17H,5-7H2,(H,15,20)(H,18,19). The summed E-state index contributed by atoms with van der Waals surface area (Å²) >= 11 is 0. The summed E-state index contributed by atoms with van der Waals surface area (Å²) in [5.41, 5.74) is 0.574. The summed E-state index contributed by atoms with van der Waals surface area (Å²) < 4.78 is 13.0. The Balaban J connectivity index is 1.96. The molecule has 0 aromatic heterocycles. The second kappa shape index (κ2) is 5.87. The fourth-order valence-electron chi connectivity index (χ4n) is 2.20. The summed E-state index contributed by atoms with van der Waals surface area (Å²) in [5.74, 6) is -1.56. The number of hydrogen-bond donors (Lipinski definition) is 3. The third-order valence-electron chi connectivity index (χ3n) is 3.16. The van der Waals surface area contributed by atoms with Crippen LogP contribution in [0.25, 0.3) is 0 Å². The minimum absolute atomic E-state index is 0.0166. The van der Waals surface area contributed by atoms with Crippen LogP contribution < -0.4 is 5.32 Å². The van der Waals surface area contributed by atoms with Gasteiger partial charge in [-0.15, -0.1) is 0 Å². The lowest BCUT2D eigenvalue weighted by molar-refractivity contribution is -0.141. The topological polar surface area (TPSA) is 89.9 Å². The smallest absolute Gasteiger partial charge is 0.326 e. The van der Waals surface area contributed by atoms with E-state index in [9.17, 15) is 19.1 Å². The molecule has 20 heavy (non-hydrogen) atoms. The van der Waals surface area contributed by atoms with Crippen molar-refractivity contribution in [1.29, 1.82) is 0 Å². The van der Waals surface area contributed by atoms with Crippen LogP contribution in [0.3, 0.4) is 0 Å². The van der Waals surface area contributed by atoms with Crippen molar-refractivity contribution in [2.75, 3.05) is 6.54 Å². The lowest BCUT2D eigenvalue weighted by Gasteiger charge is -2.21. The van der Waals surface area contributed by atoms with Crippen LogP contribution in [0.1, 0.15) is 12.0 Å². The summed E-state index contributed by atoms with van der Waals surface area (Å²) in [6.07, 6.45) is -0.820. The van der Waals surface area contributed by atoms with Gasteiger partial charge < -0.3 is 20.4 Å². The molecule has 0 saturated carbocycles. The first kappa shape index (κ1) is 14.3. The molecule has 1 aromatic rings. The number of likely N-dealkylation sites (tertiary alicyclic amines) is 1. The number of amides is 2. The minimum atomic E-state index is -1.15. The Morgan fingerprint density at radius 1 is 1.45 bits per heavy atom. The first-order chi connectivity index (χ1) is 9.47. The van der Waals surface area contributed by atoms with E-state index in [4.69, 9.17) is 5.11 Å². The number of carboxylic acids is 1. The number of carboxylic acid groups (broad SMARTS) is 1. The van der Waals surface area contributed by atoms with Gasteiger partial charge in [0.15, 0.2) is 0 Å². The van der Waals surface area contributed by atoms with Crippen molar-refractivity contribution in [2.24, 2.45) is 0 Å². The van der Waals surface area contributed by atoms with Crippen LogP contribution in [0.2, 0.25) is 0 Å². The van der Waals surface area contributed by atoms with Gasteiger partial charge in [-0.2, -0.15) is 0 Å². The molecule has 0 bridgehead atoms. The quantitative estimate of drug-likeness (QED) is 0.755. The maximum Gasteiger partial charge on any atom is 0.326 e. The molecular weight excluding hydrogens is 267 g/mol. The predicted octanol–water partition coefficient (Wildman–Crippen LogP) is 0.555. The van der Waals surface area contributed by atoms with E-state index in [0.717, 1.165) is 4.90 Å². The third-order valence-corrected chi connectivity index (χ3v) is 3.16. The second-order valence-corrected chi connectivity index (χ2v) is 4.68. The number of nitrogens with one attached hydrogen (secondary N) is 1. The Hall–Kier alpha value is -2.15.